The summed E-state index contributed by atoms with van der Waals surface area (Å²) >= 11 is 0. The van der Waals surface area contributed by atoms with Crippen LogP contribution < -0.4 is 4.74 Å². The molecular weight excluding hydrogens is 325 g/mol. The predicted molar refractivity (Wildman–Crippen MR) is 81.4 cm³/mol. The molecule has 7 heteroatoms. The molecule has 0 fully saturated rings. The van der Waals surface area contributed by atoms with E-state index in [1.807, 2.05) is 0 Å². The summed E-state index contributed by atoms with van der Waals surface area (Å²) < 4.78 is 54.3. The molecule has 24 heavy (non-hydrogen) atoms. The van der Waals surface area contributed by atoms with Crippen molar-refractivity contribution in [2.75, 3.05) is 13.7 Å². The van der Waals surface area contributed by atoms with Gasteiger partial charge in [0.15, 0.2) is 0 Å². The molecule has 0 aliphatic rings. The van der Waals surface area contributed by atoms with Gasteiger partial charge < -0.3 is 13.9 Å². The first-order valence-electron chi connectivity index (χ1n) is 7.06. The highest BCUT2D eigenvalue weighted by Gasteiger charge is 2.35. The van der Waals surface area contributed by atoms with Gasteiger partial charge in [0.05, 0.1) is 24.8 Å². The summed E-state index contributed by atoms with van der Waals surface area (Å²) in [6.07, 6.45) is -1.99. The van der Waals surface area contributed by atoms with Gasteiger partial charge in [-0.3, -0.25) is 0 Å². The van der Waals surface area contributed by atoms with Crippen molar-refractivity contribution in [2.24, 2.45) is 0 Å². The maximum absolute atomic E-state index is 13.0. The van der Waals surface area contributed by atoms with E-state index < -0.39 is 17.7 Å². The van der Waals surface area contributed by atoms with Crippen molar-refractivity contribution < 1.29 is 31.9 Å². The zero-order valence-electron chi connectivity index (χ0n) is 13.0. The highest BCUT2D eigenvalue weighted by Crippen LogP contribution is 2.42. The molecule has 4 nitrogen and oxygen atoms in total. The standard InChI is InChI=1S/C17H15F3O4/c1-3-23-15(21)10-8-11-7-9-14(24-11)12-5-4-6-13(16(12)22-2)17(18,19)20/h4-10H,3H2,1-2H3. The second kappa shape index (κ2) is 7.25. The van der Waals surface area contributed by atoms with E-state index in [1.165, 1.54) is 43.5 Å². The number of carbonyl (C=O) groups is 1. The Morgan fingerprint density at radius 2 is 2.00 bits per heavy atom. The Morgan fingerprint density at radius 3 is 2.62 bits per heavy atom. The third-order valence-corrected chi connectivity index (χ3v) is 3.09. The van der Waals surface area contributed by atoms with Crippen molar-refractivity contribution in [3.8, 4) is 17.1 Å². The van der Waals surface area contributed by atoms with Crippen LogP contribution in [0.1, 0.15) is 18.2 Å². The zero-order chi connectivity index (χ0) is 17.7. The van der Waals surface area contributed by atoms with Crippen molar-refractivity contribution >= 4 is 12.0 Å². The minimum atomic E-state index is -4.54. The number of hydrogen-bond acceptors (Lipinski definition) is 4. The van der Waals surface area contributed by atoms with E-state index in [9.17, 15) is 18.0 Å². The second-order valence-electron chi connectivity index (χ2n) is 4.67. The van der Waals surface area contributed by atoms with Gasteiger partial charge in [-0.2, -0.15) is 13.2 Å². The summed E-state index contributed by atoms with van der Waals surface area (Å²) in [5.41, 5.74) is -0.717. The number of methoxy groups -OCH3 is 1. The monoisotopic (exact) mass is 340 g/mol. The number of esters is 1. The van der Waals surface area contributed by atoms with Crippen molar-refractivity contribution in [1.82, 2.24) is 0 Å². The van der Waals surface area contributed by atoms with Gasteiger partial charge >= 0.3 is 12.1 Å². The number of halogens is 3. The molecule has 0 radical (unpaired) electrons. The van der Waals surface area contributed by atoms with Crippen LogP contribution in [0.15, 0.2) is 40.8 Å². The smallest absolute Gasteiger partial charge is 0.419 e. The first-order chi connectivity index (χ1) is 11.4. The molecular formula is C17H15F3O4. The molecule has 0 aliphatic heterocycles. The first-order valence-corrected chi connectivity index (χ1v) is 7.06. The van der Waals surface area contributed by atoms with Gasteiger partial charge in [-0.25, -0.2) is 4.79 Å². The number of furan rings is 1. The van der Waals surface area contributed by atoms with Crippen LogP contribution in [0.5, 0.6) is 5.75 Å². The van der Waals surface area contributed by atoms with Crippen LogP contribution in [-0.2, 0) is 15.7 Å². The van der Waals surface area contributed by atoms with Crippen molar-refractivity contribution in [1.29, 1.82) is 0 Å². The number of carbonyl (C=O) groups excluding carboxylic acids is 1. The molecule has 0 atom stereocenters. The maximum Gasteiger partial charge on any atom is 0.419 e. The van der Waals surface area contributed by atoms with Gasteiger partial charge in [0, 0.05) is 6.08 Å². The summed E-state index contributed by atoms with van der Waals surface area (Å²) in [6, 6.07) is 6.71. The Hall–Kier alpha value is -2.70. The van der Waals surface area contributed by atoms with Crippen LogP contribution in [0, 0.1) is 0 Å². The Kier molecular flexibility index (Phi) is 5.33. The normalized spacial score (nSPS) is 11.7. The third-order valence-electron chi connectivity index (χ3n) is 3.09. The van der Waals surface area contributed by atoms with E-state index in [-0.39, 0.29) is 23.7 Å². The number of rotatable bonds is 5. The molecule has 0 aliphatic carbocycles. The molecule has 128 valence electrons. The molecule has 0 saturated carbocycles. The fourth-order valence-electron chi connectivity index (χ4n) is 2.10. The summed E-state index contributed by atoms with van der Waals surface area (Å²) in [4.78, 5) is 11.3. The van der Waals surface area contributed by atoms with Crippen LogP contribution in [0.3, 0.4) is 0 Å². The number of hydrogen-bond donors (Lipinski definition) is 0. The molecule has 0 amide bonds. The number of ether oxygens (including phenoxy) is 2. The zero-order valence-corrected chi connectivity index (χ0v) is 13.0. The van der Waals surface area contributed by atoms with Gasteiger partial charge in [0.25, 0.3) is 0 Å². The fourth-order valence-corrected chi connectivity index (χ4v) is 2.10. The van der Waals surface area contributed by atoms with Gasteiger partial charge in [-0.05, 0) is 37.3 Å². The lowest BCUT2D eigenvalue weighted by molar-refractivity contribution is -0.139. The van der Waals surface area contributed by atoms with Crippen molar-refractivity contribution in [3.05, 3.63) is 47.7 Å². The van der Waals surface area contributed by atoms with Gasteiger partial charge in [-0.1, -0.05) is 6.07 Å². The van der Waals surface area contributed by atoms with Crippen LogP contribution in [0.2, 0.25) is 0 Å². The van der Waals surface area contributed by atoms with E-state index >= 15 is 0 Å². The highest BCUT2D eigenvalue weighted by atomic mass is 19.4. The van der Waals surface area contributed by atoms with Crippen LogP contribution >= 0.6 is 0 Å². The molecule has 0 N–H and O–H groups in total. The minimum Gasteiger partial charge on any atom is -0.495 e. The molecule has 1 aromatic carbocycles. The second-order valence-corrected chi connectivity index (χ2v) is 4.67. The third kappa shape index (κ3) is 3.98. The summed E-state index contributed by atoms with van der Waals surface area (Å²) in [7, 11) is 1.17. The van der Waals surface area contributed by atoms with E-state index in [0.717, 1.165) is 6.07 Å². The van der Waals surface area contributed by atoms with Crippen LogP contribution in [0.4, 0.5) is 13.2 Å². The molecule has 1 heterocycles. The number of alkyl halides is 3. The van der Waals surface area contributed by atoms with Crippen molar-refractivity contribution in [2.45, 2.75) is 13.1 Å². The number of para-hydroxylation sites is 1. The average molecular weight is 340 g/mol. The van der Waals surface area contributed by atoms with Gasteiger partial charge in [0.2, 0.25) is 0 Å². The Balaban J connectivity index is 2.35. The molecule has 0 saturated heterocycles. The topological polar surface area (TPSA) is 48.7 Å². The molecule has 0 unspecified atom stereocenters. The lowest BCUT2D eigenvalue weighted by Crippen LogP contribution is -2.08. The van der Waals surface area contributed by atoms with Crippen LogP contribution in [0.25, 0.3) is 17.4 Å². The Bertz CT molecular complexity index is 745. The fraction of sp³-hybridized carbons (Fsp3) is 0.235. The number of benzene rings is 1. The lowest BCUT2D eigenvalue weighted by Gasteiger charge is -2.14. The van der Waals surface area contributed by atoms with E-state index in [4.69, 9.17) is 13.9 Å². The highest BCUT2D eigenvalue weighted by molar-refractivity contribution is 5.86. The Labute approximate surface area is 136 Å². The molecule has 2 aromatic rings. The Morgan fingerprint density at radius 1 is 1.25 bits per heavy atom. The lowest BCUT2D eigenvalue weighted by atomic mass is 10.1. The summed E-state index contributed by atoms with van der Waals surface area (Å²) in [5, 5.41) is 0. The van der Waals surface area contributed by atoms with Gasteiger partial charge in [-0.15, -0.1) is 0 Å². The maximum atomic E-state index is 13.0. The molecule has 0 spiro atoms. The first kappa shape index (κ1) is 17.7. The summed E-state index contributed by atoms with van der Waals surface area (Å²) in [6.45, 7) is 1.92. The van der Waals surface area contributed by atoms with Gasteiger partial charge in [0.1, 0.15) is 17.3 Å². The molecule has 0 bridgehead atoms. The predicted octanol–water partition coefficient (Wildman–Crippen LogP) is 4.55. The molecule has 1 aromatic heterocycles. The van der Waals surface area contributed by atoms with E-state index in [0.29, 0.717) is 5.76 Å². The largest absolute Gasteiger partial charge is 0.495 e. The summed E-state index contributed by atoms with van der Waals surface area (Å²) in [5.74, 6) is -0.355. The average Bonchev–Trinajstić information content (AvgIpc) is 3.00. The van der Waals surface area contributed by atoms with Crippen LogP contribution in [-0.4, -0.2) is 19.7 Å². The van der Waals surface area contributed by atoms with E-state index in [1.54, 1.807) is 6.92 Å². The minimum absolute atomic E-state index is 0.170. The van der Waals surface area contributed by atoms with E-state index in [2.05, 4.69) is 0 Å². The quantitative estimate of drug-likeness (QED) is 0.592. The SMILES string of the molecule is CCOC(=O)C=Cc1ccc(-c2cccc(C(F)(F)F)c2OC)o1. The van der Waals surface area contributed by atoms with Crippen molar-refractivity contribution in [3.63, 3.8) is 0 Å². The molecule has 2 rings (SSSR count).